The van der Waals surface area contributed by atoms with Gasteiger partial charge in [-0.2, -0.15) is 0 Å². The Morgan fingerprint density at radius 3 is 2.76 bits per heavy atom. The predicted octanol–water partition coefficient (Wildman–Crippen LogP) is 3.13. The van der Waals surface area contributed by atoms with E-state index in [0.717, 1.165) is 24.6 Å². The molecule has 2 aromatic rings. The lowest BCUT2D eigenvalue weighted by atomic mass is 10.1. The van der Waals surface area contributed by atoms with E-state index < -0.39 is 0 Å². The minimum Gasteiger partial charge on any atom is -0.486 e. The van der Waals surface area contributed by atoms with Crippen molar-refractivity contribution in [2.45, 2.75) is 33.0 Å². The number of fused-ring (bicyclic) bond motifs is 1. The maximum atomic E-state index is 5.64. The Kier molecular flexibility index (Phi) is 4.15. The molecule has 0 spiro atoms. The highest BCUT2D eigenvalue weighted by Crippen LogP contribution is 2.32. The van der Waals surface area contributed by atoms with Crippen molar-refractivity contribution in [1.29, 1.82) is 0 Å². The highest BCUT2D eigenvalue weighted by molar-refractivity contribution is 5.44. The van der Waals surface area contributed by atoms with Crippen molar-refractivity contribution in [1.82, 2.24) is 9.88 Å². The standard InChI is InChI=1S/C17H22N2O2/c1-3-19-7-6-14(12-19)11-18-13(2)15-4-5-16-17(10-15)21-9-8-20-16/h4-7,10,12-13,18H,3,8-9,11H2,1-2H3. The Morgan fingerprint density at radius 2 is 2.00 bits per heavy atom. The molecule has 0 bridgehead atoms. The van der Waals surface area contributed by atoms with E-state index in [1.165, 1.54) is 11.1 Å². The van der Waals surface area contributed by atoms with E-state index in [4.69, 9.17) is 9.47 Å². The molecule has 0 aliphatic carbocycles. The van der Waals surface area contributed by atoms with E-state index in [0.29, 0.717) is 13.2 Å². The van der Waals surface area contributed by atoms with Crippen LogP contribution in [0.25, 0.3) is 0 Å². The lowest BCUT2D eigenvalue weighted by Crippen LogP contribution is -2.19. The second kappa shape index (κ2) is 6.22. The summed E-state index contributed by atoms with van der Waals surface area (Å²) in [6.45, 7) is 7.45. The van der Waals surface area contributed by atoms with Crippen molar-refractivity contribution in [3.8, 4) is 11.5 Å². The summed E-state index contributed by atoms with van der Waals surface area (Å²) in [7, 11) is 0. The van der Waals surface area contributed by atoms with Crippen LogP contribution in [0.1, 0.15) is 31.0 Å². The number of aromatic nitrogens is 1. The SMILES string of the molecule is CCn1ccc(CNC(C)c2ccc3c(c2)OCCO3)c1. The molecule has 3 rings (SSSR count). The molecule has 4 nitrogen and oxygen atoms in total. The summed E-state index contributed by atoms with van der Waals surface area (Å²) < 4.78 is 13.4. The number of aryl methyl sites for hydroxylation is 1. The predicted molar refractivity (Wildman–Crippen MR) is 82.8 cm³/mol. The molecule has 1 aromatic carbocycles. The van der Waals surface area contributed by atoms with Crippen molar-refractivity contribution in [3.05, 3.63) is 47.8 Å². The van der Waals surface area contributed by atoms with Crippen molar-refractivity contribution in [2.24, 2.45) is 0 Å². The molecule has 1 aromatic heterocycles. The van der Waals surface area contributed by atoms with E-state index in [2.05, 4.69) is 54.3 Å². The Morgan fingerprint density at radius 1 is 1.19 bits per heavy atom. The molecule has 112 valence electrons. The largest absolute Gasteiger partial charge is 0.486 e. The number of hydrogen-bond donors (Lipinski definition) is 1. The number of nitrogens with one attached hydrogen (secondary N) is 1. The number of rotatable bonds is 5. The van der Waals surface area contributed by atoms with E-state index >= 15 is 0 Å². The lowest BCUT2D eigenvalue weighted by Gasteiger charge is -2.21. The van der Waals surface area contributed by atoms with Gasteiger partial charge in [0.05, 0.1) is 0 Å². The van der Waals surface area contributed by atoms with Gasteiger partial charge >= 0.3 is 0 Å². The summed E-state index contributed by atoms with van der Waals surface area (Å²) in [5.74, 6) is 1.70. The van der Waals surface area contributed by atoms with E-state index in [-0.39, 0.29) is 6.04 Å². The van der Waals surface area contributed by atoms with Crippen LogP contribution in [-0.2, 0) is 13.1 Å². The fourth-order valence-corrected chi connectivity index (χ4v) is 2.51. The lowest BCUT2D eigenvalue weighted by molar-refractivity contribution is 0.171. The van der Waals surface area contributed by atoms with Crippen molar-refractivity contribution in [3.63, 3.8) is 0 Å². The molecule has 1 aliphatic heterocycles. The van der Waals surface area contributed by atoms with Crippen LogP contribution in [0, 0.1) is 0 Å². The third-order valence-corrected chi connectivity index (χ3v) is 3.86. The zero-order valence-electron chi connectivity index (χ0n) is 12.6. The van der Waals surface area contributed by atoms with Gasteiger partial charge in [-0.3, -0.25) is 0 Å². The van der Waals surface area contributed by atoms with Gasteiger partial charge in [-0.05, 0) is 43.2 Å². The maximum absolute atomic E-state index is 5.64. The zero-order chi connectivity index (χ0) is 14.7. The zero-order valence-corrected chi connectivity index (χ0v) is 12.6. The van der Waals surface area contributed by atoms with Gasteiger partial charge in [-0.1, -0.05) is 6.07 Å². The molecule has 1 N–H and O–H groups in total. The third kappa shape index (κ3) is 3.22. The first-order valence-corrected chi connectivity index (χ1v) is 7.54. The summed E-state index contributed by atoms with van der Waals surface area (Å²) in [6.07, 6.45) is 4.30. The molecular weight excluding hydrogens is 264 g/mol. The van der Waals surface area contributed by atoms with Crippen LogP contribution in [0.4, 0.5) is 0 Å². The molecule has 2 heterocycles. The third-order valence-electron chi connectivity index (χ3n) is 3.86. The van der Waals surface area contributed by atoms with Gasteiger partial charge in [-0.25, -0.2) is 0 Å². The highest BCUT2D eigenvalue weighted by atomic mass is 16.6. The molecule has 0 amide bonds. The number of ether oxygens (including phenoxy) is 2. The summed E-state index contributed by atoms with van der Waals surface area (Å²) in [5.41, 5.74) is 2.52. The first-order valence-electron chi connectivity index (χ1n) is 7.54. The fourth-order valence-electron chi connectivity index (χ4n) is 2.51. The van der Waals surface area contributed by atoms with Gasteiger partial charge in [0.15, 0.2) is 11.5 Å². The summed E-state index contributed by atoms with van der Waals surface area (Å²) in [5, 5.41) is 3.55. The van der Waals surface area contributed by atoms with Crippen LogP contribution in [0.3, 0.4) is 0 Å². The minimum atomic E-state index is 0.269. The molecule has 0 radical (unpaired) electrons. The van der Waals surface area contributed by atoms with Crippen LogP contribution >= 0.6 is 0 Å². The van der Waals surface area contributed by atoms with E-state index in [1.54, 1.807) is 0 Å². The Balaban J connectivity index is 1.63. The summed E-state index contributed by atoms with van der Waals surface area (Å²) in [6, 6.07) is 8.60. The second-order valence-corrected chi connectivity index (χ2v) is 5.36. The van der Waals surface area contributed by atoms with Gasteiger partial charge in [0.25, 0.3) is 0 Å². The Labute approximate surface area is 125 Å². The molecule has 0 saturated carbocycles. The maximum Gasteiger partial charge on any atom is 0.161 e. The molecule has 4 heteroatoms. The van der Waals surface area contributed by atoms with Crippen LogP contribution in [0.2, 0.25) is 0 Å². The van der Waals surface area contributed by atoms with Gasteiger partial charge < -0.3 is 19.4 Å². The van der Waals surface area contributed by atoms with Crippen molar-refractivity contribution in [2.75, 3.05) is 13.2 Å². The number of nitrogens with zero attached hydrogens (tertiary/aromatic N) is 1. The molecule has 1 aliphatic rings. The first kappa shape index (κ1) is 14.0. The number of hydrogen-bond acceptors (Lipinski definition) is 3. The first-order chi connectivity index (χ1) is 10.3. The number of benzene rings is 1. The molecule has 0 saturated heterocycles. The van der Waals surface area contributed by atoms with Crippen molar-refractivity contribution >= 4 is 0 Å². The smallest absolute Gasteiger partial charge is 0.161 e. The molecule has 1 unspecified atom stereocenters. The van der Waals surface area contributed by atoms with E-state index in [9.17, 15) is 0 Å². The topological polar surface area (TPSA) is 35.4 Å². The van der Waals surface area contributed by atoms with Gasteiger partial charge in [-0.15, -0.1) is 0 Å². The average Bonchev–Trinajstić information content (AvgIpc) is 3.00. The Bertz CT molecular complexity index is 607. The highest BCUT2D eigenvalue weighted by Gasteiger charge is 2.14. The van der Waals surface area contributed by atoms with Crippen molar-refractivity contribution < 1.29 is 9.47 Å². The molecule has 21 heavy (non-hydrogen) atoms. The van der Waals surface area contributed by atoms with Gasteiger partial charge in [0.2, 0.25) is 0 Å². The molecule has 1 atom stereocenters. The summed E-state index contributed by atoms with van der Waals surface area (Å²) >= 11 is 0. The van der Waals surface area contributed by atoms with Gasteiger partial charge in [0.1, 0.15) is 13.2 Å². The van der Waals surface area contributed by atoms with Crippen LogP contribution in [-0.4, -0.2) is 17.8 Å². The second-order valence-electron chi connectivity index (χ2n) is 5.36. The van der Waals surface area contributed by atoms with E-state index in [1.807, 2.05) is 6.07 Å². The quantitative estimate of drug-likeness (QED) is 0.917. The van der Waals surface area contributed by atoms with Crippen LogP contribution < -0.4 is 14.8 Å². The molecule has 0 fully saturated rings. The van der Waals surface area contributed by atoms with Crippen LogP contribution in [0.15, 0.2) is 36.7 Å². The van der Waals surface area contributed by atoms with Crippen LogP contribution in [0.5, 0.6) is 11.5 Å². The normalized spacial score (nSPS) is 15.0. The Hall–Kier alpha value is -1.94. The summed E-state index contributed by atoms with van der Waals surface area (Å²) in [4.78, 5) is 0. The molecular formula is C17H22N2O2. The fraction of sp³-hybridized carbons (Fsp3) is 0.412. The van der Waals surface area contributed by atoms with Gasteiger partial charge in [0, 0.05) is 31.5 Å². The minimum absolute atomic E-state index is 0.269. The monoisotopic (exact) mass is 286 g/mol. The average molecular weight is 286 g/mol.